The van der Waals surface area contributed by atoms with Crippen molar-refractivity contribution in [2.75, 3.05) is 18.9 Å². The van der Waals surface area contributed by atoms with E-state index in [1.807, 2.05) is 0 Å². The van der Waals surface area contributed by atoms with E-state index in [9.17, 15) is 4.79 Å². The minimum absolute atomic E-state index is 0.00771. The number of rotatable bonds is 1. The van der Waals surface area contributed by atoms with E-state index in [2.05, 4.69) is 4.98 Å². The summed E-state index contributed by atoms with van der Waals surface area (Å²) in [7, 11) is 0. The smallest absolute Gasteiger partial charge is 0.339 e. The number of nitrogens with zero attached hydrogens (tertiary/aromatic N) is 1. The number of aromatic carboxylic acids is 1. The number of aromatic nitrogens is 1. The fourth-order valence-corrected chi connectivity index (χ4v) is 1.90. The lowest BCUT2D eigenvalue weighted by Crippen LogP contribution is -2.15. The molecule has 6 heteroatoms. The lowest BCUT2D eigenvalue weighted by Gasteiger charge is -2.18. The van der Waals surface area contributed by atoms with Gasteiger partial charge in [-0.2, -0.15) is 0 Å². The maximum Gasteiger partial charge on any atom is 0.339 e. The van der Waals surface area contributed by atoms with Gasteiger partial charge >= 0.3 is 5.97 Å². The van der Waals surface area contributed by atoms with E-state index >= 15 is 0 Å². The van der Waals surface area contributed by atoms with Gasteiger partial charge in [-0.25, -0.2) is 9.78 Å². The minimum Gasteiger partial charge on any atom is -0.486 e. The molecule has 0 amide bonds. The van der Waals surface area contributed by atoms with E-state index in [0.29, 0.717) is 35.6 Å². The van der Waals surface area contributed by atoms with Crippen LogP contribution in [0.1, 0.15) is 10.4 Å². The van der Waals surface area contributed by atoms with Crippen molar-refractivity contribution >= 4 is 22.7 Å². The number of hydrogen-bond acceptors (Lipinski definition) is 5. The Balaban J connectivity index is 2.25. The summed E-state index contributed by atoms with van der Waals surface area (Å²) in [4.78, 5) is 15.0. The number of nitrogens with two attached hydrogens (primary N) is 1. The van der Waals surface area contributed by atoms with Gasteiger partial charge in [0.1, 0.15) is 24.6 Å². The highest BCUT2D eigenvalue weighted by atomic mass is 16.6. The molecule has 0 atom stereocenters. The molecule has 0 saturated heterocycles. The number of ether oxygens (including phenoxy) is 2. The number of pyridine rings is 1. The fourth-order valence-electron chi connectivity index (χ4n) is 1.90. The first-order valence-electron chi connectivity index (χ1n) is 5.38. The Labute approximate surface area is 102 Å². The van der Waals surface area contributed by atoms with Crippen molar-refractivity contribution in [3.8, 4) is 11.5 Å². The molecule has 3 rings (SSSR count). The van der Waals surface area contributed by atoms with Gasteiger partial charge < -0.3 is 20.3 Å². The predicted molar refractivity (Wildman–Crippen MR) is 64.1 cm³/mol. The maximum absolute atomic E-state index is 11.0. The molecule has 1 aromatic carbocycles. The summed E-state index contributed by atoms with van der Waals surface area (Å²) in [5.74, 6) is 0.0869. The lowest BCUT2D eigenvalue weighted by atomic mass is 10.1. The first kappa shape index (κ1) is 10.6. The SMILES string of the molecule is Nc1nc2cc3c(cc2cc1C(=O)O)OCCO3. The van der Waals surface area contributed by atoms with Crippen molar-refractivity contribution in [2.24, 2.45) is 0 Å². The Kier molecular flexibility index (Phi) is 2.22. The number of carbonyl (C=O) groups is 1. The monoisotopic (exact) mass is 246 g/mol. The van der Waals surface area contributed by atoms with Crippen LogP contribution in [0.25, 0.3) is 10.9 Å². The molecule has 2 heterocycles. The fraction of sp³-hybridized carbons (Fsp3) is 0.167. The third-order valence-electron chi connectivity index (χ3n) is 2.74. The Hall–Kier alpha value is -2.50. The number of anilines is 1. The summed E-state index contributed by atoms with van der Waals surface area (Å²) >= 11 is 0. The number of carboxylic acids is 1. The largest absolute Gasteiger partial charge is 0.486 e. The van der Waals surface area contributed by atoms with Crippen LogP contribution in [0.5, 0.6) is 11.5 Å². The number of benzene rings is 1. The van der Waals surface area contributed by atoms with Gasteiger partial charge in [-0.3, -0.25) is 0 Å². The van der Waals surface area contributed by atoms with Gasteiger partial charge in [-0.1, -0.05) is 0 Å². The van der Waals surface area contributed by atoms with Crippen LogP contribution in [0.4, 0.5) is 5.82 Å². The second-order valence-electron chi connectivity index (χ2n) is 3.91. The molecule has 2 aromatic rings. The highest BCUT2D eigenvalue weighted by Gasteiger charge is 2.16. The molecule has 0 aliphatic carbocycles. The second kappa shape index (κ2) is 3.76. The van der Waals surface area contributed by atoms with Crippen molar-refractivity contribution in [2.45, 2.75) is 0 Å². The normalized spacial score (nSPS) is 13.6. The van der Waals surface area contributed by atoms with Crippen LogP contribution in [0.15, 0.2) is 18.2 Å². The Morgan fingerprint density at radius 2 is 1.89 bits per heavy atom. The van der Waals surface area contributed by atoms with Gasteiger partial charge in [0.05, 0.1) is 5.52 Å². The zero-order chi connectivity index (χ0) is 12.7. The highest BCUT2D eigenvalue weighted by Crippen LogP contribution is 2.34. The minimum atomic E-state index is -1.10. The van der Waals surface area contributed by atoms with E-state index in [1.165, 1.54) is 6.07 Å². The summed E-state index contributed by atoms with van der Waals surface area (Å²) in [6.07, 6.45) is 0. The third kappa shape index (κ3) is 1.58. The predicted octanol–water partition coefficient (Wildman–Crippen LogP) is 1.29. The zero-order valence-corrected chi connectivity index (χ0v) is 9.34. The van der Waals surface area contributed by atoms with E-state index in [4.69, 9.17) is 20.3 Å². The first-order valence-corrected chi connectivity index (χ1v) is 5.38. The van der Waals surface area contributed by atoms with Gasteiger partial charge in [0.2, 0.25) is 0 Å². The Bertz CT molecular complexity index is 654. The van der Waals surface area contributed by atoms with E-state index in [1.54, 1.807) is 12.1 Å². The number of nitrogen functional groups attached to an aromatic ring is 1. The van der Waals surface area contributed by atoms with Gasteiger partial charge in [0.25, 0.3) is 0 Å². The molecule has 0 radical (unpaired) electrons. The molecule has 1 aromatic heterocycles. The van der Waals surface area contributed by atoms with Crippen LogP contribution in [0, 0.1) is 0 Å². The van der Waals surface area contributed by atoms with Crippen LogP contribution in [-0.2, 0) is 0 Å². The summed E-state index contributed by atoms with van der Waals surface area (Å²) in [5, 5.41) is 9.65. The maximum atomic E-state index is 11.0. The van der Waals surface area contributed by atoms with Crippen molar-refractivity contribution in [3.63, 3.8) is 0 Å². The van der Waals surface area contributed by atoms with E-state index in [0.717, 1.165) is 0 Å². The molecule has 0 spiro atoms. The molecule has 0 fully saturated rings. The average molecular weight is 246 g/mol. The van der Waals surface area contributed by atoms with Gasteiger partial charge in [0.15, 0.2) is 11.5 Å². The molecule has 1 aliphatic heterocycles. The zero-order valence-electron chi connectivity index (χ0n) is 9.34. The van der Waals surface area contributed by atoms with Crippen LogP contribution < -0.4 is 15.2 Å². The molecule has 92 valence electrons. The van der Waals surface area contributed by atoms with Crippen molar-refractivity contribution in [1.29, 1.82) is 0 Å². The van der Waals surface area contributed by atoms with E-state index in [-0.39, 0.29) is 11.4 Å². The number of hydrogen-bond donors (Lipinski definition) is 2. The molecule has 0 saturated carbocycles. The van der Waals surface area contributed by atoms with Crippen LogP contribution in [-0.4, -0.2) is 29.3 Å². The standard InChI is InChI=1S/C12H10N2O4/c13-11-7(12(15)16)3-6-4-9-10(5-8(6)14-11)18-2-1-17-9/h3-5H,1-2H2,(H2,13,14)(H,15,16). The molecule has 0 unspecified atom stereocenters. The van der Waals surface area contributed by atoms with Crippen LogP contribution in [0.3, 0.4) is 0 Å². The third-order valence-corrected chi connectivity index (χ3v) is 2.74. The molecule has 0 bridgehead atoms. The van der Waals surface area contributed by atoms with Crippen LogP contribution in [0.2, 0.25) is 0 Å². The van der Waals surface area contributed by atoms with Crippen molar-refractivity contribution < 1.29 is 19.4 Å². The quantitative estimate of drug-likeness (QED) is 0.787. The molecule has 6 nitrogen and oxygen atoms in total. The number of carboxylic acid groups (broad SMARTS) is 1. The van der Waals surface area contributed by atoms with Crippen LogP contribution >= 0.6 is 0 Å². The summed E-state index contributed by atoms with van der Waals surface area (Å²) in [6.45, 7) is 0.966. The first-order chi connectivity index (χ1) is 8.65. The molecule has 18 heavy (non-hydrogen) atoms. The summed E-state index contributed by atoms with van der Waals surface area (Å²) in [6, 6.07) is 4.90. The average Bonchev–Trinajstić information content (AvgIpc) is 2.35. The van der Waals surface area contributed by atoms with Gasteiger partial charge in [-0.15, -0.1) is 0 Å². The lowest BCUT2D eigenvalue weighted by molar-refractivity contribution is 0.0698. The van der Waals surface area contributed by atoms with Gasteiger partial charge in [-0.05, 0) is 12.1 Å². The highest BCUT2D eigenvalue weighted by molar-refractivity contribution is 5.98. The van der Waals surface area contributed by atoms with E-state index < -0.39 is 5.97 Å². The topological polar surface area (TPSA) is 94.7 Å². The van der Waals surface area contributed by atoms with Crippen molar-refractivity contribution in [1.82, 2.24) is 4.98 Å². The summed E-state index contributed by atoms with van der Waals surface area (Å²) < 4.78 is 10.9. The van der Waals surface area contributed by atoms with Gasteiger partial charge in [0, 0.05) is 11.5 Å². The molecular formula is C12H10N2O4. The molecule has 1 aliphatic rings. The second-order valence-corrected chi connectivity index (χ2v) is 3.91. The molecular weight excluding hydrogens is 236 g/mol. The Morgan fingerprint density at radius 1 is 1.22 bits per heavy atom. The summed E-state index contributed by atoms with van der Waals surface area (Å²) in [5.41, 5.74) is 6.17. The number of fused-ring (bicyclic) bond motifs is 2. The van der Waals surface area contributed by atoms with Crippen molar-refractivity contribution in [3.05, 3.63) is 23.8 Å². The molecule has 3 N–H and O–H groups in total. The Morgan fingerprint density at radius 3 is 2.56 bits per heavy atom.